The molecule has 1 aromatic rings. The van der Waals surface area contributed by atoms with Gasteiger partial charge in [-0.1, -0.05) is 6.07 Å². The predicted molar refractivity (Wildman–Crippen MR) is 48.8 cm³/mol. The van der Waals surface area contributed by atoms with Crippen LogP contribution in [0.3, 0.4) is 0 Å². The minimum atomic E-state index is -0.651. The molecule has 4 heteroatoms. The normalized spacial score (nSPS) is 25.1. The maximum atomic E-state index is 13.4. The predicted octanol–water partition coefficient (Wildman–Crippen LogP) is 2.57. The Bertz CT molecular complexity index is 414. The van der Waals surface area contributed by atoms with E-state index in [-0.39, 0.29) is 11.5 Å². The molecule has 2 atom stereocenters. The van der Waals surface area contributed by atoms with Crippen LogP contribution in [0.4, 0.5) is 8.78 Å². The number of halogens is 2. The fourth-order valence-corrected chi connectivity index (χ4v) is 1.76. The van der Waals surface area contributed by atoms with E-state index < -0.39 is 17.7 Å². The van der Waals surface area contributed by atoms with Gasteiger partial charge in [-0.05, 0) is 12.5 Å². The lowest BCUT2D eigenvalue weighted by atomic mass is 9.96. The van der Waals surface area contributed by atoms with E-state index in [2.05, 4.69) is 6.07 Å². The molecule has 2 unspecified atom stereocenters. The summed E-state index contributed by atoms with van der Waals surface area (Å²) in [7, 11) is 0. The van der Waals surface area contributed by atoms with E-state index in [0.717, 1.165) is 6.07 Å². The second-order valence-corrected chi connectivity index (χ2v) is 3.48. The Morgan fingerprint density at radius 1 is 1.40 bits per heavy atom. The van der Waals surface area contributed by atoms with Gasteiger partial charge in [-0.25, -0.2) is 8.78 Å². The van der Waals surface area contributed by atoms with Crippen molar-refractivity contribution in [3.63, 3.8) is 0 Å². The van der Waals surface area contributed by atoms with Crippen LogP contribution in [0, 0.1) is 28.9 Å². The van der Waals surface area contributed by atoms with Gasteiger partial charge in [0.1, 0.15) is 17.7 Å². The summed E-state index contributed by atoms with van der Waals surface area (Å²) in [5.74, 6) is -1.62. The fraction of sp³-hybridized carbons (Fsp3) is 0.364. The molecule has 15 heavy (non-hydrogen) atoms. The van der Waals surface area contributed by atoms with E-state index in [9.17, 15) is 8.78 Å². The first-order chi connectivity index (χ1) is 7.22. The molecule has 2 nitrogen and oxygen atoms in total. The molecule has 0 bridgehead atoms. The summed E-state index contributed by atoms with van der Waals surface area (Å²) < 4.78 is 31.3. The van der Waals surface area contributed by atoms with Crippen LogP contribution in [0.2, 0.25) is 0 Å². The van der Waals surface area contributed by atoms with Gasteiger partial charge in [0, 0.05) is 18.2 Å². The van der Waals surface area contributed by atoms with Gasteiger partial charge in [0.2, 0.25) is 0 Å². The smallest absolute Gasteiger partial charge is 0.131 e. The molecule has 0 aromatic heterocycles. The average molecular weight is 209 g/mol. The van der Waals surface area contributed by atoms with E-state index in [1.165, 1.54) is 12.1 Å². The quantitative estimate of drug-likeness (QED) is 0.712. The first-order valence-electron chi connectivity index (χ1n) is 4.68. The van der Waals surface area contributed by atoms with E-state index in [1.54, 1.807) is 0 Å². The second-order valence-electron chi connectivity index (χ2n) is 3.48. The van der Waals surface area contributed by atoms with Gasteiger partial charge in [0.25, 0.3) is 0 Å². The SMILES string of the molecule is N#CC1CCOC1c1ccc(F)cc1F. The zero-order valence-electron chi connectivity index (χ0n) is 7.91. The molecule has 1 saturated heterocycles. The van der Waals surface area contributed by atoms with Crippen LogP contribution < -0.4 is 0 Å². The third-order valence-electron chi connectivity index (χ3n) is 2.53. The van der Waals surface area contributed by atoms with Crippen molar-refractivity contribution in [3.05, 3.63) is 35.4 Å². The van der Waals surface area contributed by atoms with Gasteiger partial charge in [-0.3, -0.25) is 0 Å². The molecule has 0 spiro atoms. The van der Waals surface area contributed by atoms with Gasteiger partial charge in [-0.15, -0.1) is 0 Å². The number of hydrogen-bond acceptors (Lipinski definition) is 2. The number of ether oxygens (including phenoxy) is 1. The Kier molecular flexibility index (Phi) is 2.65. The van der Waals surface area contributed by atoms with Gasteiger partial charge in [-0.2, -0.15) is 5.26 Å². The molecule has 0 radical (unpaired) electrons. The molecule has 1 aromatic carbocycles. The largest absolute Gasteiger partial charge is 0.372 e. The summed E-state index contributed by atoms with van der Waals surface area (Å²) >= 11 is 0. The maximum Gasteiger partial charge on any atom is 0.131 e. The van der Waals surface area contributed by atoms with Crippen molar-refractivity contribution in [3.8, 4) is 6.07 Å². The molecule has 0 aliphatic carbocycles. The summed E-state index contributed by atoms with van der Waals surface area (Å²) in [6.45, 7) is 0.444. The van der Waals surface area contributed by atoms with Gasteiger partial charge >= 0.3 is 0 Å². The Hall–Kier alpha value is -1.47. The van der Waals surface area contributed by atoms with Crippen molar-refractivity contribution in [2.45, 2.75) is 12.5 Å². The van der Waals surface area contributed by atoms with Gasteiger partial charge in [0.15, 0.2) is 0 Å². The van der Waals surface area contributed by atoms with Crippen LogP contribution in [-0.2, 0) is 4.74 Å². The topological polar surface area (TPSA) is 33.0 Å². The van der Waals surface area contributed by atoms with Crippen LogP contribution in [0.1, 0.15) is 18.1 Å². The minimum absolute atomic E-state index is 0.264. The molecule has 0 saturated carbocycles. The summed E-state index contributed by atoms with van der Waals surface area (Å²) in [6.07, 6.45) is 0.0356. The van der Waals surface area contributed by atoms with Crippen molar-refractivity contribution in [1.82, 2.24) is 0 Å². The highest BCUT2D eigenvalue weighted by Crippen LogP contribution is 2.35. The zero-order chi connectivity index (χ0) is 10.8. The van der Waals surface area contributed by atoms with Crippen LogP contribution in [0.15, 0.2) is 18.2 Å². The highest BCUT2D eigenvalue weighted by atomic mass is 19.1. The van der Waals surface area contributed by atoms with Crippen LogP contribution in [0.25, 0.3) is 0 Å². The molecule has 1 aliphatic rings. The zero-order valence-corrected chi connectivity index (χ0v) is 7.91. The van der Waals surface area contributed by atoms with Crippen molar-refractivity contribution in [1.29, 1.82) is 5.26 Å². The Morgan fingerprint density at radius 3 is 2.87 bits per heavy atom. The number of nitriles is 1. The third-order valence-corrected chi connectivity index (χ3v) is 2.53. The number of hydrogen-bond donors (Lipinski definition) is 0. The molecule has 0 N–H and O–H groups in total. The summed E-state index contributed by atoms with van der Waals surface area (Å²) in [5.41, 5.74) is 0.264. The fourth-order valence-electron chi connectivity index (χ4n) is 1.76. The van der Waals surface area contributed by atoms with Crippen molar-refractivity contribution >= 4 is 0 Å². The Labute approximate surface area is 86.1 Å². The first-order valence-corrected chi connectivity index (χ1v) is 4.68. The summed E-state index contributed by atoms with van der Waals surface area (Å²) in [4.78, 5) is 0. The van der Waals surface area contributed by atoms with Crippen LogP contribution >= 0.6 is 0 Å². The molecule has 1 fully saturated rings. The minimum Gasteiger partial charge on any atom is -0.372 e. The molecular weight excluding hydrogens is 200 g/mol. The first kappa shape index (κ1) is 10.1. The number of nitrogens with zero attached hydrogens (tertiary/aromatic N) is 1. The van der Waals surface area contributed by atoms with Gasteiger partial charge < -0.3 is 4.74 Å². The lowest BCUT2D eigenvalue weighted by Crippen LogP contribution is -2.07. The lowest BCUT2D eigenvalue weighted by Gasteiger charge is -2.13. The summed E-state index contributed by atoms with van der Waals surface area (Å²) in [5, 5.41) is 8.82. The molecule has 1 heterocycles. The second kappa shape index (κ2) is 3.95. The average Bonchev–Trinajstić information content (AvgIpc) is 2.65. The molecule has 2 rings (SSSR count). The van der Waals surface area contributed by atoms with Crippen molar-refractivity contribution in [2.24, 2.45) is 5.92 Å². The molecule has 78 valence electrons. The monoisotopic (exact) mass is 209 g/mol. The van der Waals surface area contributed by atoms with E-state index in [1.807, 2.05) is 0 Å². The van der Waals surface area contributed by atoms with E-state index in [0.29, 0.717) is 13.0 Å². The maximum absolute atomic E-state index is 13.4. The highest BCUT2D eigenvalue weighted by Gasteiger charge is 2.31. The Morgan fingerprint density at radius 2 is 2.20 bits per heavy atom. The molecule has 0 amide bonds. The summed E-state index contributed by atoms with van der Waals surface area (Å²) in [6, 6.07) is 5.39. The van der Waals surface area contributed by atoms with Crippen molar-refractivity contribution in [2.75, 3.05) is 6.61 Å². The third kappa shape index (κ3) is 1.83. The Balaban J connectivity index is 2.33. The lowest BCUT2D eigenvalue weighted by molar-refractivity contribution is 0.0975. The van der Waals surface area contributed by atoms with E-state index in [4.69, 9.17) is 10.00 Å². The molecule has 1 aliphatic heterocycles. The van der Waals surface area contributed by atoms with Crippen LogP contribution in [-0.4, -0.2) is 6.61 Å². The van der Waals surface area contributed by atoms with Gasteiger partial charge in [0.05, 0.1) is 12.0 Å². The highest BCUT2D eigenvalue weighted by molar-refractivity contribution is 5.23. The van der Waals surface area contributed by atoms with Crippen molar-refractivity contribution < 1.29 is 13.5 Å². The standard InChI is InChI=1S/C11H9F2NO/c12-8-1-2-9(10(13)5-8)11-7(6-14)3-4-15-11/h1-2,5,7,11H,3-4H2. The number of rotatable bonds is 1. The molecular formula is C11H9F2NO. The number of benzene rings is 1. The van der Waals surface area contributed by atoms with E-state index >= 15 is 0 Å². The van der Waals surface area contributed by atoms with Crippen LogP contribution in [0.5, 0.6) is 0 Å².